The SMILES string of the molecule is CCCCc1nn(-c2cc(-n3nc(CCCC)c(/N=N/c4c(C(=O)O)c(S)nn4C)c3N)ncn2)c(N)c1/N=N/c1c(C(=O)O)c(S)nn1C. The molecule has 0 bridgehead atoms. The Morgan fingerprint density at radius 3 is 1.48 bits per heavy atom. The zero-order valence-corrected chi connectivity index (χ0v) is 29.2. The molecule has 5 aromatic rings. The molecule has 0 unspecified atom stereocenters. The van der Waals surface area contributed by atoms with Crippen LogP contribution in [-0.2, 0) is 26.9 Å². The van der Waals surface area contributed by atoms with Crippen molar-refractivity contribution < 1.29 is 19.8 Å². The molecule has 5 heterocycles. The molecule has 0 saturated carbocycles. The lowest BCUT2D eigenvalue weighted by Gasteiger charge is -2.06. The van der Waals surface area contributed by atoms with Gasteiger partial charge in [-0.3, -0.25) is 0 Å². The summed E-state index contributed by atoms with van der Waals surface area (Å²) in [4.78, 5) is 32.4. The van der Waals surface area contributed by atoms with Crippen LogP contribution in [0, 0.1) is 0 Å². The number of carboxylic acids is 2. The van der Waals surface area contributed by atoms with E-state index < -0.39 is 11.9 Å². The summed E-state index contributed by atoms with van der Waals surface area (Å²) < 4.78 is 5.27. The quantitative estimate of drug-likeness (QED) is 0.0655. The standard InChI is InChI=1S/C28H34N16O4S2/c1-5-7-9-13-19(33-35-23-17(27(45)46)25(49)39-41(23)3)21(29)43(37-13)15-11-16(32-12-31-15)44-22(30)20(14(38-44)10-8-6-2)34-36-24-18(28(47)48)26(50)40-42(24)4/h11-12H,5-10,29-30H2,1-4H3,(H,39,49)(H,40,50)(H,45,46)(H,47,48)/b35-33+,36-34+. The number of aromatic nitrogens is 10. The molecule has 0 aromatic carbocycles. The van der Waals surface area contributed by atoms with Gasteiger partial charge in [0.15, 0.2) is 46.3 Å². The lowest BCUT2D eigenvalue weighted by Crippen LogP contribution is -2.09. The second-order valence-corrected chi connectivity index (χ2v) is 11.8. The van der Waals surface area contributed by atoms with Crippen molar-refractivity contribution >= 4 is 71.8 Å². The molecule has 262 valence electrons. The third-order valence-electron chi connectivity index (χ3n) is 7.45. The summed E-state index contributed by atoms with van der Waals surface area (Å²) in [6.07, 6.45) is 5.56. The highest BCUT2D eigenvalue weighted by Gasteiger charge is 2.25. The molecule has 50 heavy (non-hydrogen) atoms. The zero-order valence-electron chi connectivity index (χ0n) is 27.4. The lowest BCUT2D eigenvalue weighted by molar-refractivity contribution is 0.0683. The maximum absolute atomic E-state index is 11.8. The van der Waals surface area contributed by atoms with Crippen LogP contribution < -0.4 is 11.5 Å². The summed E-state index contributed by atoms with van der Waals surface area (Å²) in [6.45, 7) is 4.05. The molecular formula is C28H34N16O4S2. The molecule has 0 spiro atoms. The second kappa shape index (κ2) is 14.9. The number of azo groups is 2. The lowest BCUT2D eigenvalue weighted by atomic mass is 10.2. The van der Waals surface area contributed by atoms with E-state index in [9.17, 15) is 19.8 Å². The van der Waals surface area contributed by atoms with Gasteiger partial charge in [0, 0.05) is 20.2 Å². The van der Waals surface area contributed by atoms with Crippen LogP contribution in [0.1, 0.15) is 71.6 Å². The second-order valence-electron chi connectivity index (χ2n) is 10.9. The van der Waals surface area contributed by atoms with Crippen LogP contribution in [0.2, 0.25) is 0 Å². The highest BCUT2D eigenvalue weighted by atomic mass is 32.1. The molecule has 0 radical (unpaired) electrons. The van der Waals surface area contributed by atoms with E-state index in [1.165, 1.54) is 39.1 Å². The molecule has 20 nitrogen and oxygen atoms in total. The van der Waals surface area contributed by atoms with Gasteiger partial charge in [-0.25, -0.2) is 28.9 Å². The number of anilines is 2. The number of thiol groups is 2. The number of aromatic carboxylic acids is 2. The summed E-state index contributed by atoms with van der Waals surface area (Å²) in [5.74, 6) is -1.85. The molecule has 0 aliphatic heterocycles. The van der Waals surface area contributed by atoms with E-state index in [2.05, 4.69) is 76.1 Å². The fraction of sp³-hybridized carbons (Fsp3) is 0.357. The Morgan fingerprint density at radius 1 is 0.720 bits per heavy atom. The number of hydrogen-bond donors (Lipinski definition) is 6. The third-order valence-corrected chi connectivity index (χ3v) is 8.08. The molecule has 0 atom stereocenters. The topological polar surface area (TPSA) is 273 Å². The van der Waals surface area contributed by atoms with Crippen molar-refractivity contribution in [2.45, 2.75) is 62.4 Å². The van der Waals surface area contributed by atoms with Crippen molar-refractivity contribution in [3.05, 3.63) is 34.9 Å². The number of unbranched alkanes of at least 4 members (excludes halogenated alkanes) is 2. The first kappa shape index (κ1) is 35.7. The average molecular weight is 723 g/mol. The van der Waals surface area contributed by atoms with Crippen LogP contribution in [0.4, 0.5) is 34.6 Å². The van der Waals surface area contributed by atoms with Crippen molar-refractivity contribution in [2.24, 2.45) is 34.6 Å². The number of hydrogen-bond acceptors (Lipinski definition) is 16. The van der Waals surface area contributed by atoms with Gasteiger partial charge in [0.25, 0.3) is 0 Å². The summed E-state index contributed by atoms with van der Waals surface area (Å²) in [5, 5.41) is 53.6. The number of nitrogen functional groups attached to an aromatic ring is 2. The van der Waals surface area contributed by atoms with E-state index in [1.807, 2.05) is 13.8 Å². The van der Waals surface area contributed by atoms with Gasteiger partial charge in [-0.1, -0.05) is 26.7 Å². The number of aryl methyl sites for hydroxylation is 4. The molecule has 5 rings (SSSR count). The fourth-order valence-corrected chi connectivity index (χ4v) is 5.57. The Labute approximate surface area is 295 Å². The van der Waals surface area contributed by atoms with Crippen LogP contribution in [0.25, 0.3) is 11.6 Å². The van der Waals surface area contributed by atoms with Crippen LogP contribution in [0.15, 0.2) is 42.9 Å². The molecule has 22 heteroatoms. The molecule has 5 aromatic heterocycles. The van der Waals surface area contributed by atoms with Crippen molar-refractivity contribution in [3.8, 4) is 11.6 Å². The van der Waals surface area contributed by atoms with E-state index in [-0.39, 0.29) is 67.5 Å². The Balaban J connectivity index is 1.57. The van der Waals surface area contributed by atoms with E-state index in [1.54, 1.807) is 6.07 Å². The van der Waals surface area contributed by atoms with Crippen molar-refractivity contribution in [1.29, 1.82) is 0 Å². The highest BCUT2D eigenvalue weighted by molar-refractivity contribution is 7.80. The maximum atomic E-state index is 11.8. The largest absolute Gasteiger partial charge is 0.477 e. The fourth-order valence-electron chi connectivity index (χ4n) is 4.91. The molecule has 0 fully saturated rings. The number of carbonyl (C=O) groups is 2. The van der Waals surface area contributed by atoms with Crippen molar-refractivity contribution in [2.75, 3.05) is 11.5 Å². The smallest absolute Gasteiger partial charge is 0.342 e. The minimum Gasteiger partial charge on any atom is -0.477 e. The van der Waals surface area contributed by atoms with E-state index >= 15 is 0 Å². The minimum atomic E-state index is -1.26. The van der Waals surface area contributed by atoms with E-state index in [0.717, 1.165) is 25.7 Å². The maximum Gasteiger partial charge on any atom is 0.342 e. The monoisotopic (exact) mass is 722 g/mol. The van der Waals surface area contributed by atoms with Gasteiger partial charge in [0.2, 0.25) is 0 Å². The minimum absolute atomic E-state index is 0.00787. The van der Waals surface area contributed by atoms with Crippen molar-refractivity contribution in [3.63, 3.8) is 0 Å². The Kier molecular flexibility index (Phi) is 10.6. The first-order chi connectivity index (χ1) is 23.9. The third kappa shape index (κ3) is 6.92. The molecule has 0 aliphatic rings. The van der Waals surface area contributed by atoms with E-state index in [4.69, 9.17) is 11.5 Å². The molecule has 0 amide bonds. The Hall–Kier alpha value is -5.64. The number of carboxylic acid groups (broad SMARTS) is 2. The van der Waals surface area contributed by atoms with Gasteiger partial charge in [-0.2, -0.15) is 29.8 Å². The summed E-state index contributed by atoms with van der Waals surface area (Å²) in [7, 11) is 3.05. The van der Waals surface area contributed by atoms with Crippen molar-refractivity contribution in [1.82, 2.24) is 49.1 Å². The van der Waals surface area contributed by atoms with Crippen LogP contribution in [-0.4, -0.2) is 71.2 Å². The van der Waals surface area contributed by atoms with Gasteiger partial charge in [-0.05, 0) is 25.7 Å². The number of rotatable bonds is 14. The summed E-state index contributed by atoms with van der Waals surface area (Å²) in [6, 6.07) is 1.56. The molecule has 0 aliphatic carbocycles. The van der Waals surface area contributed by atoms with Crippen LogP contribution >= 0.6 is 25.3 Å². The highest BCUT2D eigenvalue weighted by Crippen LogP contribution is 2.36. The number of nitrogens with zero attached hydrogens (tertiary/aromatic N) is 14. The van der Waals surface area contributed by atoms with Gasteiger partial charge >= 0.3 is 11.9 Å². The predicted molar refractivity (Wildman–Crippen MR) is 186 cm³/mol. The number of nitrogens with two attached hydrogens (primary N) is 2. The summed E-state index contributed by atoms with van der Waals surface area (Å²) in [5.41, 5.74) is 14.2. The van der Waals surface area contributed by atoms with Crippen LogP contribution in [0.5, 0.6) is 0 Å². The molecule has 6 N–H and O–H groups in total. The van der Waals surface area contributed by atoms with E-state index in [0.29, 0.717) is 24.2 Å². The average Bonchev–Trinajstić information content (AvgIpc) is 3.75. The molecular weight excluding hydrogens is 689 g/mol. The zero-order chi connectivity index (χ0) is 36.3. The first-order valence-electron chi connectivity index (χ1n) is 15.3. The predicted octanol–water partition coefficient (Wildman–Crippen LogP) is 4.97. The normalized spacial score (nSPS) is 11.8. The van der Waals surface area contributed by atoms with Gasteiger partial charge < -0.3 is 21.7 Å². The first-order valence-corrected chi connectivity index (χ1v) is 16.2. The summed E-state index contributed by atoms with van der Waals surface area (Å²) >= 11 is 8.28. The Bertz CT molecular complexity index is 2000. The molecule has 0 saturated heterocycles. The van der Waals surface area contributed by atoms with Gasteiger partial charge in [0.1, 0.15) is 27.5 Å². The van der Waals surface area contributed by atoms with Gasteiger partial charge in [-0.15, -0.1) is 45.7 Å². The Morgan fingerprint density at radius 2 is 1.12 bits per heavy atom. The van der Waals surface area contributed by atoms with Crippen LogP contribution in [0.3, 0.4) is 0 Å². The van der Waals surface area contributed by atoms with Gasteiger partial charge in [0.05, 0.1) is 11.4 Å².